The summed E-state index contributed by atoms with van der Waals surface area (Å²) < 4.78 is 38.1. The van der Waals surface area contributed by atoms with Crippen molar-refractivity contribution in [2.45, 2.75) is 32.4 Å². The van der Waals surface area contributed by atoms with Gasteiger partial charge in [-0.05, 0) is 10.4 Å². The summed E-state index contributed by atoms with van der Waals surface area (Å²) in [6.07, 6.45) is -4.29. The van der Waals surface area contributed by atoms with E-state index in [4.69, 9.17) is 0 Å². The molecule has 0 aromatic heterocycles. The quantitative estimate of drug-likeness (QED) is 0.551. The third-order valence-corrected chi connectivity index (χ3v) is 9.42. The SMILES string of the molecule is C[Si](C)(C#C[Si](C)(C)c1ccc(C(F)(F)F)cc1)c1ccccc1. The first-order valence-electron chi connectivity index (χ1n) is 7.80. The van der Waals surface area contributed by atoms with Crippen molar-refractivity contribution in [1.29, 1.82) is 0 Å². The van der Waals surface area contributed by atoms with Gasteiger partial charge in [0.1, 0.15) is 0 Å². The molecule has 0 spiro atoms. The molecule has 0 nitrogen and oxygen atoms in total. The predicted octanol–water partition coefficient (Wildman–Crippen LogP) is 4.32. The smallest absolute Gasteiger partial charge is 0.166 e. The van der Waals surface area contributed by atoms with Crippen LogP contribution in [0.2, 0.25) is 26.2 Å². The molecule has 0 unspecified atom stereocenters. The van der Waals surface area contributed by atoms with Crippen molar-refractivity contribution in [2.24, 2.45) is 0 Å². The van der Waals surface area contributed by atoms with Crippen LogP contribution in [-0.2, 0) is 6.18 Å². The molecule has 2 rings (SSSR count). The van der Waals surface area contributed by atoms with Crippen LogP contribution in [0, 0.1) is 11.1 Å². The van der Waals surface area contributed by atoms with E-state index in [0.717, 1.165) is 17.3 Å². The molecule has 0 aliphatic rings. The van der Waals surface area contributed by atoms with E-state index in [0.29, 0.717) is 0 Å². The minimum absolute atomic E-state index is 0.608. The van der Waals surface area contributed by atoms with Gasteiger partial charge in [-0.25, -0.2) is 0 Å². The molecule has 2 aromatic carbocycles. The molecule has 0 saturated carbocycles. The van der Waals surface area contributed by atoms with Crippen molar-refractivity contribution in [3.05, 3.63) is 60.2 Å². The fraction of sp³-hybridized carbons (Fsp3) is 0.263. The maximum absolute atomic E-state index is 12.7. The minimum Gasteiger partial charge on any atom is -0.166 e. The number of hydrogen-bond donors (Lipinski definition) is 0. The van der Waals surface area contributed by atoms with Crippen LogP contribution in [0.1, 0.15) is 5.56 Å². The number of rotatable bonds is 2. The molecule has 0 atom stereocenters. The molecule has 0 fully saturated rings. The summed E-state index contributed by atoms with van der Waals surface area (Å²) >= 11 is 0. The van der Waals surface area contributed by atoms with E-state index in [2.05, 4.69) is 49.4 Å². The topological polar surface area (TPSA) is 0 Å². The van der Waals surface area contributed by atoms with Gasteiger partial charge in [-0.3, -0.25) is 0 Å². The second-order valence-corrected chi connectivity index (χ2v) is 15.1. The second-order valence-electron chi connectivity index (χ2n) is 6.94. The monoisotopic (exact) mass is 362 g/mol. The van der Waals surface area contributed by atoms with Crippen LogP contribution < -0.4 is 10.4 Å². The van der Waals surface area contributed by atoms with E-state index in [1.54, 1.807) is 12.1 Å². The van der Waals surface area contributed by atoms with Crippen molar-refractivity contribution in [3.8, 4) is 11.1 Å². The molecule has 0 heterocycles. The standard InChI is InChI=1S/C19H21F3Si2/c1-23(2,17-8-6-5-7-9-17)14-15-24(3,4)18-12-10-16(11-13-18)19(20,21)22/h5-13H,1-4H3. The van der Waals surface area contributed by atoms with Gasteiger partial charge in [0, 0.05) is 0 Å². The summed E-state index contributed by atoms with van der Waals surface area (Å²) in [5.41, 5.74) is 6.32. The van der Waals surface area contributed by atoms with Crippen LogP contribution in [0.5, 0.6) is 0 Å². The molecule has 0 bridgehead atoms. The summed E-state index contributed by atoms with van der Waals surface area (Å²) in [5.74, 6) is 0. The Labute approximate surface area is 143 Å². The van der Waals surface area contributed by atoms with E-state index in [-0.39, 0.29) is 0 Å². The van der Waals surface area contributed by atoms with Gasteiger partial charge in [0.15, 0.2) is 16.1 Å². The number of alkyl halides is 3. The molecule has 2 aromatic rings. The first-order chi connectivity index (χ1) is 11.0. The highest BCUT2D eigenvalue weighted by molar-refractivity contribution is 7.01. The van der Waals surface area contributed by atoms with Crippen molar-refractivity contribution >= 4 is 26.5 Å². The summed E-state index contributed by atoms with van der Waals surface area (Å²) in [7, 11) is -3.97. The van der Waals surface area contributed by atoms with E-state index in [9.17, 15) is 13.2 Å². The Bertz CT molecular complexity index is 749. The Kier molecular flexibility index (Phi) is 5.12. The average molecular weight is 363 g/mol. The van der Waals surface area contributed by atoms with Gasteiger partial charge < -0.3 is 0 Å². The van der Waals surface area contributed by atoms with Crippen molar-refractivity contribution in [1.82, 2.24) is 0 Å². The molecular weight excluding hydrogens is 341 g/mol. The first kappa shape index (κ1) is 18.6. The molecule has 0 N–H and O–H groups in total. The van der Waals surface area contributed by atoms with Gasteiger partial charge in [0.2, 0.25) is 0 Å². The molecule has 5 heteroatoms. The Morgan fingerprint density at radius 3 is 1.50 bits per heavy atom. The molecular formula is C19H21F3Si2. The van der Waals surface area contributed by atoms with Gasteiger partial charge in [-0.1, -0.05) is 80.8 Å². The van der Waals surface area contributed by atoms with Crippen LogP contribution in [0.15, 0.2) is 54.6 Å². The van der Waals surface area contributed by atoms with E-state index in [1.807, 2.05) is 18.2 Å². The van der Waals surface area contributed by atoms with Crippen LogP contribution in [0.4, 0.5) is 13.2 Å². The molecule has 24 heavy (non-hydrogen) atoms. The summed E-state index contributed by atoms with van der Waals surface area (Å²) in [4.78, 5) is 0. The lowest BCUT2D eigenvalue weighted by atomic mass is 10.2. The Hall–Kier alpha value is -1.78. The molecule has 0 radical (unpaired) electrons. The van der Waals surface area contributed by atoms with Crippen LogP contribution in [-0.4, -0.2) is 16.1 Å². The highest BCUT2D eigenvalue weighted by Crippen LogP contribution is 2.28. The fourth-order valence-corrected chi connectivity index (χ4v) is 7.20. The van der Waals surface area contributed by atoms with E-state index >= 15 is 0 Å². The van der Waals surface area contributed by atoms with Crippen molar-refractivity contribution in [3.63, 3.8) is 0 Å². The molecule has 0 amide bonds. The maximum Gasteiger partial charge on any atom is 0.416 e. The first-order valence-corrected chi connectivity index (χ1v) is 13.8. The molecule has 126 valence electrons. The lowest BCUT2D eigenvalue weighted by molar-refractivity contribution is -0.137. The summed E-state index contributed by atoms with van der Waals surface area (Å²) in [5, 5.41) is 2.20. The lowest BCUT2D eigenvalue weighted by Gasteiger charge is -2.20. The van der Waals surface area contributed by atoms with Gasteiger partial charge in [0.25, 0.3) is 0 Å². The van der Waals surface area contributed by atoms with Gasteiger partial charge in [0.05, 0.1) is 5.56 Å². The number of benzene rings is 2. The van der Waals surface area contributed by atoms with Gasteiger partial charge in [-0.2, -0.15) is 13.2 Å². The number of hydrogen-bond acceptors (Lipinski definition) is 0. The normalized spacial score (nSPS) is 12.5. The Balaban J connectivity index is 2.29. The van der Waals surface area contributed by atoms with Gasteiger partial charge >= 0.3 is 6.18 Å². The summed E-state index contributed by atoms with van der Waals surface area (Å²) in [6, 6.07) is 15.7. The maximum atomic E-state index is 12.7. The van der Waals surface area contributed by atoms with E-state index < -0.39 is 27.9 Å². The Morgan fingerprint density at radius 1 is 0.667 bits per heavy atom. The lowest BCUT2D eigenvalue weighted by Crippen LogP contribution is -2.44. The zero-order valence-corrected chi connectivity index (χ0v) is 16.3. The average Bonchev–Trinajstić information content (AvgIpc) is 2.53. The highest BCUT2D eigenvalue weighted by atomic mass is 28.3. The second kappa shape index (κ2) is 6.62. The molecule has 0 aliphatic heterocycles. The van der Waals surface area contributed by atoms with Crippen LogP contribution in [0.25, 0.3) is 0 Å². The number of halogens is 3. The van der Waals surface area contributed by atoms with Gasteiger partial charge in [-0.15, -0.1) is 11.1 Å². The van der Waals surface area contributed by atoms with E-state index in [1.165, 1.54) is 5.19 Å². The Morgan fingerprint density at radius 2 is 1.08 bits per heavy atom. The fourth-order valence-electron chi connectivity index (χ4n) is 2.39. The third-order valence-electron chi connectivity index (χ3n) is 4.12. The zero-order valence-electron chi connectivity index (χ0n) is 14.3. The highest BCUT2D eigenvalue weighted by Gasteiger charge is 2.31. The molecule has 0 aliphatic carbocycles. The third kappa shape index (κ3) is 4.40. The largest absolute Gasteiger partial charge is 0.416 e. The predicted molar refractivity (Wildman–Crippen MR) is 99.9 cm³/mol. The van der Waals surface area contributed by atoms with Crippen LogP contribution >= 0.6 is 0 Å². The summed E-state index contributed by atoms with van der Waals surface area (Å²) in [6.45, 7) is 8.56. The van der Waals surface area contributed by atoms with Crippen LogP contribution in [0.3, 0.4) is 0 Å². The minimum atomic E-state index is -4.29. The van der Waals surface area contributed by atoms with Crippen molar-refractivity contribution in [2.75, 3.05) is 0 Å². The zero-order chi connectivity index (χ0) is 18.0. The van der Waals surface area contributed by atoms with Crippen molar-refractivity contribution < 1.29 is 13.2 Å². The molecule has 0 saturated heterocycles.